The standard InChI is InChI=1S/C16H22N2O/c1-10-6-7-15(12(3)16(10)19)17-9-14-8-11(2)18(5)13(14)4/h6-8,17,19H,9H2,1-5H3. The van der Waals surface area contributed by atoms with Crippen LogP contribution in [0.15, 0.2) is 18.2 Å². The molecule has 102 valence electrons. The Morgan fingerprint density at radius 3 is 2.42 bits per heavy atom. The van der Waals surface area contributed by atoms with Crippen molar-refractivity contribution in [3.8, 4) is 5.75 Å². The summed E-state index contributed by atoms with van der Waals surface area (Å²) in [5.41, 5.74) is 6.64. The molecule has 0 atom stereocenters. The van der Waals surface area contributed by atoms with Crippen molar-refractivity contribution in [2.45, 2.75) is 34.2 Å². The lowest BCUT2D eigenvalue weighted by molar-refractivity contribution is 0.467. The van der Waals surface area contributed by atoms with Gasteiger partial charge >= 0.3 is 0 Å². The summed E-state index contributed by atoms with van der Waals surface area (Å²) < 4.78 is 2.19. The van der Waals surface area contributed by atoms with Gasteiger partial charge in [-0.1, -0.05) is 6.07 Å². The third kappa shape index (κ3) is 2.46. The van der Waals surface area contributed by atoms with Crippen molar-refractivity contribution in [3.63, 3.8) is 0 Å². The van der Waals surface area contributed by atoms with E-state index in [0.717, 1.165) is 23.4 Å². The molecule has 0 amide bonds. The van der Waals surface area contributed by atoms with Gasteiger partial charge in [0.05, 0.1) is 0 Å². The molecule has 3 heteroatoms. The normalized spacial score (nSPS) is 10.8. The number of hydrogen-bond acceptors (Lipinski definition) is 2. The minimum absolute atomic E-state index is 0.381. The highest BCUT2D eigenvalue weighted by atomic mass is 16.3. The highest BCUT2D eigenvalue weighted by molar-refractivity contribution is 5.59. The molecular formula is C16H22N2O. The van der Waals surface area contributed by atoms with Crippen LogP contribution >= 0.6 is 0 Å². The van der Waals surface area contributed by atoms with Crippen LogP contribution in [-0.4, -0.2) is 9.67 Å². The molecule has 1 aromatic carbocycles. The predicted molar refractivity (Wildman–Crippen MR) is 79.8 cm³/mol. The van der Waals surface area contributed by atoms with Crippen LogP contribution in [0.3, 0.4) is 0 Å². The average molecular weight is 258 g/mol. The molecule has 1 aromatic heterocycles. The van der Waals surface area contributed by atoms with Crippen LogP contribution in [0.25, 0.3) is 0 Å². The van der Waals surface area contributed by atoms with Crippen molar-refractivity contribution in [1.29, 1.82) is 0 Å². The molecule has 0 bridgehead atoms. The summed E-state index contributed by atoms with van der Waals surface area (Å²) in [6.45, 7) is 8.87. The number of aryl methyl sites for hydroxylation is 2. The Morgan fingerprint density at radius 2 is 1.84 bits per heavy atom. The fourth-order valence-electron chi connectivity index (χ4n) is 2.33. The highest BCUT2D eigenvalue weighted by Gasteiger charge is 2.08. The predicted octanol–water partition coefficient (Wildman–Crippen LogP) is 3.58. The summed E-state index contributed by atoms with van der Waals surface area (Å²) >= 11 is 0. The summed E-state index contributed by atoms with van der Waals surface area (Å²) in [5, 5.41) is 13.3. The monoisotopic (exact) mass is 258 g/mol. The average Bonchev–Trinajstić information content (AvgIpc) is 2.63. The highest BCUT2D eigenvalue weighted by Crippen LogP contribution is 2.28. The van der Waals surface area contributed by atoms with E-state index in [4.69, 9.17) is 0 Å². The molecule has 0 aliphatic rings. The fraction of sp³-hybridized carbons (Fsp3) is 0.375. The van der Waals surface area contributed by atoms with Crippen molar-refractivity contribution in [1.82, 2.24) is 4.57 Å². The van der Waals surface area contributed by atoms with Gasteiger partial charge in [-0.15, -0.1) is 0 Å². The quantitative estimate of drug-likeness (QED) is 0.883. The molecule has 3 nitrogen and oxygen atoms in total. The second-order valence-corrected chi connectivity index (χ2v) is 5.21. The van der Waals surface area contributed by atoms with Gasteiger partial charge in [-0.25, -0.2) is 0 Å². The van der Waals surface area contributed by atoms with Crippen LogP contribution in [0.1, 0.15) is 28.1 Å². The molecule has 0 saturated heterocycles. The number of phenols is 1. The number of nitrogens with one attached hydrogen (secondary N) is 1. The molecule has 19 heavy (non-hydrogen) atoms. The number of phenolic OH excluding ortho intramolecular Hbond substituents is 1. The lowest BCUT2D eigenvalue weighted by Gasteiger charge is -2.12. The molecule has 1 heterocycles. The van der Waals surface area contributed by atoms with E-state index in [1.54, 1.807) is 0 Å². The molecule has 2 N–H and O–H groups in total. The SMILES string of the molecule is Cc1ccc(NCc2cc(C)n(C)c2C)c(C)c1O. The van der Waals surface area contributed by atoms with Gasteiger partial charge in [-0.05, 0) is 51.0 Å². The first-order valence-corrected chi connectivity index (χ1v) is 6.56. The third-order valence-electron chi connectivity index (χ3n) is 3.98. The summed E-state index contributed by atoms with van der Waals surface area (Å²) in [6.07, 6.45) is 0. The number of rotatable bonds is 3. The molecule has 0 fully saturated rings. The van der Waals surface area contributed by atoms with Crippen LogP contribution in [-0.2, 0) is 13.6 Å². The smallest absolute Gasteiger partial charge is 0.123 e. The molecular weight excluding hydrogens is 236 g/mol. The van der Waals surface area contributed by atoms with Crippen molar-refractivity contribution in [2.75, 3.05) is 5.32 Å². The second-order valence-electron chi connectivity index (χ2n) is 5.21. The van der Waals surface area contributed by atoms with E-state index in [1.807, 2.05) is 26.0 Å². The number of hydrogen-bond donors (Lipinski definition) is 2. The Bertz CT molecular complexity index is 612. The van der Waals surface area contributed by atoms with Gasteiger partial charge in [0.2, 0.25) is 0 Å². The molecule has 0 aliphatic heterocycles. The van der Waals surface area contributed by atoms with Gasteiger partial charge < -0.3 is 15.0 Å². The van der Waals surface area contributed by atoms with Crippen LogP contribution in [0.2, 0.25) is 0 Å². The first kappa shape index (κ1) is 13.5. The number of aromatic nitrogens is 1. The maximum Gasteiger partial charge on any atom is 0.123 e. The number of benzene rings is 1. The van der Waals surface area contributed by atoms with Gasteiger partial charge in [0.1, 0.15) is 5.75 Å². The van der Waals surface area contributed by atoms with E-state index in [1.165, 1.54) is 17.0 Å². The Morgan fingerprint density at radius 1 is 1.16 bits per heavy atom. The lowest BCUT2D eigenvalue weighted by Crippen LogP contribution is -2.03. The lowest BCUT2D eigenvalue weighted by atomic mass is 10.1. The van der Waals surface area contributed by atoms with Crippen molar-refractivity contribution >= 4 is 5.69 Å². The maximum absolute atomic E-state index is 9.94. The zero-order valence-electron chi connectivity index (χ0n) is 12.3. The number of nitrogens with zero attached hydrogens (tertiary/aromatic N) is 1. The van der Waals surface area contributed by atoms with Gasteiger partial charge in [-0.2, -0.15) is 0 Å². The summed E-state index contributed by atoms with van der Waals surface area (Å²) in [7, 11) is 2.08. The Hall–Kier alpha value is -1.90. The second kappa shape index (κ2) is 5.00. The summed E-state index contributed by atoms with van der Waals surface area (Å²) in [5.74, 6) is 0.381. The molecule has 2 rings (SSSR count). The number of aromatic hydroxyl groups is 1. The minimum Gasteiger partial charge on any atom is -0.507 e. The van der Waals surface area contributed by atoms with Crippen molar-refractivity contribution in [2.24, 2.45) is 7.05 Å². The van der Waals surface area contributed by atoms with Crippen LogP contribution in [0.4, 0.5) is 5.69 Å². The first-order valence-electron chi connectivity index (χ1n) is 6.56. The maximum atomic E-state index is 9.94. The molecule has 0 unspecified atom stereocenters. The van der Waals surface area contributed by atoms with Crippen LogP contribution < -0.4 is 5.32 Å². The molecule has 0 spiro atoms. The fourth-order valence-corrected chi connectivity index (χ4v) is 2.33. The van der Waals surface area contributed by atoms with E-state index in [0.29, 0.717) is 5.75 Å². The van der Waals surface area contributed by atoms with Gasteiger partial charge in [0, 0.05) is 36.2 Å². The zero-order chi connectivity index (χ0) is 14.2. The molecule has 0 radical (unpaired) electrons. The number of anilines is 1. The first-order chi connectivity index (χ1) is 8.91. The summed E-state index contributed by atoms with van der Waals surface area (Å²) in [6, 6.07) is 6.16. The van der Waals surface area contributed by atoms with Crippen molar-refractivity contribution in [3.05, 3.63) is 46.3 Å². The molecule has 0 saturated carbocycles. The Labute approximate surface area is 114 Å². The van der Waals surface area contributed by atoms with Crippen LogP contribution in [0, 0.1) is 27.7 Å². The van der Waals surface area contributed by atoms with E-state index in [-0.39, 0.29) is 0 Å². The van der Waals surface area contributed by atoms with Gasteiger partial charge in [-0.3, -0.25) is 0 Å². The van der Waals surface area contributed by atoms with Gasteiger partial charge in [0.25, 0.3) is 0 Å². The van der Waals surface area contributed by atoms with Crippen LogP contribution in [0.5, 0.6) is 5.75 Å². The third-order valence-corrected chi connectivity index (χ3v) is 3.98. The topological polar surface area (TPSA) is 37.2 Å². The Kier molecular flexibility index (Phi) is 3.56. The van der Waals surface area contributed by atoms with E-state index >= 15 is 0 Å². The van der Waals surface area contributed by atoms with E-state index in [2.05, 4.69) is 36.8 Å². The molecule has 0 aliphatic carbocycles. The van der Waals surface area contributed by atoms with Gasteiger partial charge in [0.15, 0.2) is 0 Å². The zero-order valence-corrected chi connectivity index (χ0v) is 12.3. The minimum atomic E-state index is 0.381. The van der Waals surface area contributed by atoms with E-state index < -0.39 is 0 Å². The van der Waals surface area contributed by atoms with E-state index in [9.17, 15) is 5.11 Å². The molecule has 2 aromatic rings. The summed E-state index contributed by atoms with van der Waals surface area (Å²) in [4.78, 5) is 0. The largest absolute Gasteiger partial charge is 0.507 e. The Balaban J connectivity index is 2.19. The van der Waals surface area contributed by atoms with Crippen molar-refractivity contribution < 1.29 is 5.11 Å².